The quantitative estimate of drug-likeness (QED) is 0.625. The van der Waals surface area contributed by atoms with Crippen molar-refractivity contribution in [2.45, 2.75) is 32.6 Å². The van der Waals surface area contributed by atoms with Crippen molar-refractivity contribution in [2.75, 3.05) is 5.73 Å². The maximum Gasteiger partial charge on any atom is 0.119 e. The molecule has 1 aromatic rings. The topological polar surface area (TPSA) is 26.0 Å². The first-order valence-corrected chi connectivity index (χ1v) is 5.64. The van der Waals surface area contributed by atoms with E-state index in [0.29, 0.717) is 5.92 Å². The Morgan fingerprint density at radius 1 is 1.21 bits per heavy atom. The number of nitrogen functional groups attached to an aromatic ring is 1. The van der Waals surface area contributed by atoms with Gasteiger partial charge < -0.3 is 5.73 Å². The van der Waals surface area contributed by atoms with Crippen molar-refractivity contribution in [3.63, 3.8) is 0 Å². The molecule has 2 heteroatoms. The molecule has 1 aromatic carbocycles. The molecule has 76 valence electrons. The van der Waals surface area contributed by atoms with E-state index in [1.165, 1.54) is 5.56 Å². The molecule has 1 nitrogen and oxygen atoms in total. The van der Waals surface area contributed by atoms with Crippen molar-refractivity contribution >= 4 is 21.6 Å². The molecule has 0 saturated carbocycles. The third-order valence-corrected chi connectivity index (χ3v) is 2.82. The van der Waals surface area contributed by atoms with Crippen LogP contribution in [0.25, 0.3) is 0 Å². The van der Waals surface area contributed by atoms with E-state index in [-0.39, 0.29) is 5.92 Å². The summed E-state index contributed by atoms with van der Waals surface area (Å²) < 4.78 is 1.08. The Morgan fingerprint density at radius 3 is 2.14 bits per heavy atom. The number of benzene rings is 1. The minimum Gasteiger partial charge on any atom is -0.398 e. The van der Waals surface area contributed by atoms with Crippen LogP contribution in [-0.2, 0) is 0 Å². The van der Waals surface area contributed by atoms with Crippen LogP contribution in [0.4, 0.5) is 5.69 Å². The zero-order valence-electron chi connectivity index (χ0n) is 8.97. The molecule has 0 bridgehead atoms. The van der Waals surface area contributed by atoms with Gasteiger partial charge in [0.25, 0.3) is 0 Å². The molecule has 14 heavy (non-hydrogen) atoms. The normalized spacial score (nSPS) is 13.2. The van der Waals surface area contributed by atoms with Crippen LogP contribution in [0.2, 0.25) is 0 Å². The molecule has 0 fully saturated rings. The van der Waals surface area contributed by atoms with Gasteiger partial charge in [-0.05, 0) is 30.5 Å². The Bertz CT molecular complexity index is 300. The predicted octanol–water partition coefficient (Wildman–Crippen LogP) is 4.09. The summed E-state index contributed by atoms with van der Waals surface area (Å²) in [5.41, 5.74) is 9.31. The van der Waals surface area contributed by atoms with Crippen molar-refractivity contribution in [1.29, 1.82) is 0 Å². The summed E-state index contributed by atoms with van der Waals surface area (Å²) in [6.45, 7) is 10.4. The van der Waals surface area contributed by atoms with Crippen LogP contribution in [0.3, 0.4) is 0 Å². The largest absolute Gasteiger partial charge is 0.398 e. The second-order valence-electron chi connectivity index (χ2n) is 4.05. The Morgan fingerprint density at radius 2 is 1.71 bits per heavy atom. The molecule has 0 saturated heterocycles. The van der Waals surface area contributed by atoms with Crippen molar-refractivity contribution in [2.24, 2.45) is 0 Å². The van der Waals surface area contributed by atoms with Crippen LogP contribution in [0.5, 0.6) is 0 Å². The molecule has 0 radical (unpaired) electrons. The van der Waals surface area contributed by atoms with E-state index in [9.17, 15) is 0 Å². The van der Waals surface area contributed by atoms with Gasteiger partial charge in [-0.1, -0.05) is 29.8 Å². The highest BCUT2D eigenvalue weighted by molar-refractivity contribution is 9.10. The van der Waals surface area contributed by atoms with Crippen molar-refractivity contribution in [3.8, 4) is 0 Å². The summed E-state index contributed by atoms with van der Waals surface area (Å²) in [6.07, 6.45) is 0. The first-order valence-electron chi connectivity index (χ1n) is 4.85. The van der Waals surface area contributed by atoms with Crippen molar-refractivity contribution in [3.05, 3.63) is 34.7 Å². The molecule has 0 amide bonds. The minimum atomic E-state index is 0.227. The van der Waals surface area contributed by atoms with Crippen LogP contribution in [0.15, 0.2) is 16.6 Å². The summed E-state index contributed by atoms with van der Waals surface area (Å²) in [7, 11) is 0. The summed E-state index contributed by atoms with van der Waals surface area (Å²) >= 11 is 3.50. The van der Waals surface area contributed by atoms with E-state index in [0.717, 1.165) is 15.7 Å². The lowest BCUT2D eigenvalue weighted by molar-refractivity contribution is 0.859. The van der Waals surface area contributed by atoms with E-state index in [1.807, 2.05) is 0 Å². The van der Waals surface area contributed by atoms with Crippen molar-refractivity contribution in [1.82, 2.24) is 0 Å². The average molecular weight is 255 g/mol. The van der Waals surface area contributed by atoms with Gasteiger partial charge in [0.2, 0.25) is 0 Å². The predicted molar refractivity (Wildman–Crippen MR) is 66.4 cm³/mol. The van der Waals surface area contributed by atoms with Crippen LogP contribution >= 0.6 is 15.9 Å². The lowest BCUT2D eigenvalue weighted by atomic mass is 9.93. The van der Waals surface area contributed by atoms with E-state index in [2.05, 4.69) is 55.8 Å². The number of hydrogen-bond acceptors (Lipinski definition) is 1. The van der Waals surface area contributed by atoms with Crippen LogP contribution in [-0.4, -0.2) is 0 Å². The van der Waals surface area contributed by atoms with Gasteiger partial charge in [0.1, 0.15) is 5.92 Å². The first kappa shape index (κ1) is 11.4. The minimum absolute atomic E-state index is 0.227. The van der Waals surface area contributed by atoms with Gasteiger partial charge in [-0.15, -0.1) is 0 Å². The molecule has 1 atom stereocenters. The van der Waals surface area contributed by atoms with Crippen LogP contribution in [0, 0.1) is 6.92 Å². The molecule has 0 spiro atoms. The van der Waals surface area contributed by atoms with Gasteiger partial charge in [0.05, 0.1) is 6.92 Å². The maximum absolute atomic E-state index is 6.09. The second kappa shape index (κ2) is 4.26. The molecule has 0 aliphatic carbocycles. The molecule has 1 unspecified atom stereocenters. The Balaban J connectivity index is 3.32. The summed E-state index contributed by atoms with van der Waals surface area (Å²) in [5, 5.41) is 0. The molecule has 0 heterocycles. The first-order chi connectivity index (χ1) is 6.43. The fourth-order valence-electron chi connectivity index (χ4n) is 1.55. The van der Waals surface area contributed by atoms with E-state index in [4.69, 9.17) is 5.73 Å². The number of halogens is 1. The standard InChI is InChI=1S/C12H17BrN/c1-7(2)10-5-9(13)6-11(8(3)4)12(10)14/h5-8H,1,14H2,2-4H3/q+1. The number of nitrogens with two attached hydrogens (primary N) is 1. The fraction of sp³-hybridized carbons (Fsp3) is 0.417. The number of hydrogen-bond donors (Lipinski definition) is 1. The van der Waals surface area contributed by atoms with E-state index >= 15 is 0 Å². The lowest BCUT2D eigenvalue weighted by Gasteiger charge is -2.14. The molecular weight excluding hydrogens is 238 g/mol. The van der Waals surface area contributed by atoms with E-state index < -0.39 is 0 Å². The highest BCUT2D eigenvalue weighted by atomic mass is 79.9. The fourth-order valence-corrected chi connectivity index (χ4v) is 2.04. The summed E-state index contributed by atoms with van der Waals surface area (Å²) in [6, 6.07) is 4.14. The average Bonchev–Trinajstić information content (AvgIpc) is 2.07. The molecule has 0 aliphatic rings. The maximum atomic E-state index is 6.09. The second-order valence-corrected chi connectivity index (χ2v) is 4.97. The molecule has 0 aromatic heterocycles. The van der Waals surface area contributed by atoms with Gasteiger partial charge in [-0.2, -0.15) is 0 Å². The number of anilines is 1. The molecule has 2 N–H and O–H groups in total. The molecule has 1 rings (SSSR count). The molecule has 0 aliphatic heterocycles. The highest BCUT2D eigenvalue weighted by Crippen LogP contribution is 2.32. The summed E-state index contributed by atoms with van der Waals surface area (Å²) in [4.78, 5) is 0. The third-order valence-electron chi connectivity index (χ3n) is 2.36. The SMILES string of the molecule is [CH2+]C(C)c1cc(Br)cc(C(C)C)c1N. The van der Waals surface area contributed by atoms with Gasteiger partial charge in [0.15, 0.2) is 0 Å². The Hall–Kier alpha value is -0.630. The van der Waals surface area contributed by atoms with Gasteiger partial charge in [0, 0.05) is 15.7 Å². The highest BCUT2D eigenvalue weighted by Gasteiger charge is 2.15. The van der Waals surface area contributed by atoms with Crippen LogP contribution < -0.4 is 5.73 Å². The Labute approximate surface area is 94.8 Å². The third kappa shape index (κ3) is 2.24. The zero-order valence-corrected chi connectivity index (χ0v) is 10.6. The zero-order chi connectivity index (χ0) is 10.9. The smallest absolute Gasteiger partial charge is 0.119 e. The monoisotopic (exact) mass is 254 g/mol. The van der Waals surface area contributed by atoms with E-state index in [1.54, 1.807) is 0 Å². The van der Waals surface area contributed by atoms with Gasteiger partial charge in [-0.3, -0.25) is 0 Å². The Kier molecular flexibility index (Phi) is 3.48. The molecular formula is C12H17BrN+. The van der Waals surface area contributed by atoms with Crippen molar-refractivity contribution < 1.29 is 0 Å². The number of rotatable bonds is 2. The summed E-state index contributed by atoms with van der Waals surface area (Å²) in [5.74, 6) is 0.676. The van der Waals surface area contributed by atoms with Gasteiger partial charge in [-0.25, -0.2) is 0 Å². The van der Waals surface area contributed by atoms with Gasteiger partial charge >= 0.3 is 0 Å². The van der Waals surface area contributed by atoms with Crippen LogP contribution in [0.1, 0.15) is 43.7 Å². The lowest BCUT2D eigenvalue weighted by Crippen LogP contribution is -2.03.